The van der Waals surface area contributed by atoms with Crippen LogP contribution >= 0.6 is 11.3 Å². The lowest BCUT2D eigenvalue weighted by Crippen LogP contribution is -2.35. The molecule has 0 unspecified atom stereocenters. The normalized spacial score (nSPS) is 21.5. The third kappa shape index (κ3) is 6.26. The number of fused-ring (bicyclic) bond motifs is 1. The van der Waals surface area contributed by atoms with Crippen molar-refractivity contribution in [1.29, 1.82) is 0 Å². The van der Waals surface area contributed by atoms with Gasteiger partial charge in [-0.05, 0) is 50.5 Å². The smallest absolute Gasteiger partial charge is 0.406 e. The van der Waals surface area contributed by atoms with Gasteiger partial charge >= 0.3 is 6.36 Å². The van der Waals surface area contributed by atoms with Crippen LogP contribution in [0.4, 0.5) is 24.9 Å². The lowest BCUT2D eigenvalue weighted by Gasteiger charge is -2.22. The Balaban J connectivity index is 1.49. The molecule has 5 rings (SSSR count). The highest BCUT2D eigenvalue weighted by atomic mass is 32.1. The summed E-state index contributed by atoms with van der Waals surface area (Å²) < 4.78 is 42.5. The van der Waals surface area contributed by atoms with Crippen LogP contribution in [0.5, 0.6) is 5.75 Å². The van der Waals surface area contributed by atoms with Gasteiger partial charge in [-0.2, -0.15) is 4.98 Å². The molecular weight excluding hydrogens is 573 g/mol. The Labute approximate surface area is 243 Å². The standard InChI is InChI=1S/C28H31F3N6O4S/c1-4-18-22-20(9-10-32-18)42-26(36-22)21-14(3)34-27(37-25(21)35-19-11-16(12-38)23(39)24(19)40)33-13(2)15-5-7-17(8-6-15)41-28(29,30)31/h5-10,13,16,19,23-24,38-40H,4,11-12H2,1-3H3,(H2,33,34,35,37)/t13-,16-,19-,23-,24+/m1/s1. The minimum absolute atomic E-state index is 0.241. The van der Waals surface area contributed by atoms with Crippen molar-refractivity contribution < 1.29 is 33.2 Å². The van der Waals surface area contributed by atoms with Crippen molar-refractivity contribution in [3.63, 3.8) is 0 Å². The third-order valence-electron chi connectivity index (χ3n) is 7.34. The molecule has 1 aliphatic carbocycles. The van der Waals surface area contributed by atoms with Crippen molar-refractivity contribution in [2.45, 2.75) is 64.3 Å². The number of benzene rings is 1. The van der Waals surface area contributed by atoms with Gasteiger partial charge in [-0.3, -0.25) is 4.98 Å². The van der Waals surface area contributed by atoms with Gasteiger partial charge < -0.3 is 30.7 Å². The zero-order valence-electron chi connectivity index (χ0n) is 23.1. The summed E-state index contributed by atoms with van der Waals surface area (Å²) in [6, 6.07) is 6.42. The van der Waals surface area contributed by atoms with E-state index in [0.717, 1.165) is 15.9 Å². The summed E-state index contributed by atoms with van der Waals surface area (Å²) in [5, 5.41) is 37.9. The summed E-state index contributed by atoms with van der Waals surface area (Å²) in [6.07, 6.45) is -4.24. The average molecular weight is 605 g/mol. The number of nitrogens with one attached hydrogen (secondary N) is 2. The fourth-order valence-corrected chi connectivity index (χ4v) is 6.21. The van der Waals surface area contributed by atoms with Crippen LogP contribution in [0, 0.1) is 12.8 Å². The second-order valence-corrected chi connectivity index (χ2v) is 11.3. The van der Waals surface area contributed by atoms with Gasteiger partial charge in [0.1, 0.15) is 28.2 Å². The molecule has 4 aromatic rings. The highest BCUT2D eigenvalue weighted by molar-refractivity contribution is 7.21. The summed E-state index contributed by atoms with van der Waals surface area (Å²) >= 11 is 1.46. The van der Waals surface area contributed by atoms with E-state index in [2.05, 4.69) is 25.3 Å². The maximum Gasteiger partial charge on any atom is 0.573 e. The van der Waals surface area contributed by atoms with Crippen LogP contribution in [-0.4, -0.2) is 66.5 Å². The fourth-order valence-electron chi connectivity index (χ4n) is 5.13. The van der Waals surface area contributed by atoms with E-state index in [-0.39, 0.29) is 24.3 Å². The second kappa shape index (κ2) is 12.0. The number of thiazole rings is 1. The molecule has 1 saturated carbocycles. The molecule has 3 aromatic heterocycles. The topological polar surface area (TPSA) is 146 Å². The Kier molecular flexibility index (Phi) is 8.51. The van der Waals surface area contributed by atoms with Crippen molar-refractivity contribution in [3.8, 4) is 16.3 Å². The monoisotopic (exact) mass is 604 g/mol. The van der Waals surface area contributed by atoms with E-state index < -0.39 is 30.5 Å². The molecule has 14 heteroatoms. The third-order valence-corrected chi connectivity index (χ3v) is 8.38. The second-order valence-electron chi connectivity index (χ2n) is 10.2. The van der Waals surface area contributed by atoms with Crippen LogP contribution in [0.3, 0.4) is 0 Å². The van der Waals surface area contributed by atoms with Crippen LogP contribution in [0.1, 0.15) is 43.3 Å². The number of rotatable bonds is 9. The molecular formula is C28H31F3N6O4S. The molecule has 0 radical (unpaired) electrons. The van der Waals surface area contributed by atoms with E-state index in [1.165, 1.54) is 35.6 Å². The highest BCUT2D eigenvalue weighted by Gasteiger charge is 2.41. The number of halogens is 3. The first kappa shape index (κ1) is 29.9. The number of ether oxygens (including phenoxy) is 1. The van der Waals surface area contributed by atoms with Gasteiger partial charge in [-0.1, -0.05) is 19.1 Å². The summed E-state index contributed by atoms with van der Waals surface area (Å²) in [7, 11) is 0. The number of hydrogen-bond donors (Lipinski definition) is 5. The molecule has 1 aliphatic rings. The van der Waals surface area contributed by atoms with Crippen molar-refractivity contribution in [1.82, 2.24) is 19.9 Å². The minimum Gasteiger partial charge on any atom is -0.406 e. The van der Waals surface area contributed by atoms with Gasteiger partial charge in [0, 0.05) is 18.7 Å². The summed E-state index contributed by atoms with van der Waals surface area (Å²) in [4.78, 5) is 18.7. The first-order valence-corrected chi connectivity index (χ1v) is 14.3. The predicted octanol–water partition coefficient (Wildman–Crippen LogP) is 4.61. The van der Waals surface area contributed by atoms with Crippen molar-refractivity contribution in [2.24, 2.45) is 5.92 Å². The van der Waals surface area contributed by atoms with Crippen LogP contribution < -0.4 is 15.4 Å². The quantitative estimate of drug-likeness (QED) is 0.184. The number of pyridine rings is 1. The molecule has 10 nitrogen and oxygen atoms in total. The Morgan fingerprint density at radius 1 is 1.10 bits per heavy atom. The number of alkyl halides is 3. The summed E-state index contributed by atoms with van der Waals surface area (Å²) in [5.74, 6) is -0.194. The number of hydrogen-bond acceptors (Lipinski definition) is 11. The molecule has 0 bridgehead atoms. The number of anilines is 2. The van der Waals surface area contributed by atoms with E-state index in [4.69, 9.17) is 9.97 Å². The van der Waals surface area contributed by atoms with Crippen LogP contribution in [0.15, 0.2) is 36.5 Å². The van der Waals surface area contributed by atoms with Crippen LogP contribution in [-0.2, 0) is 6.42 Å². The fraction of sp³-hybridized carbons (Fsp3) is 0.429. The maximum absolute atomic E-state index is 12.5. The van der Waals surface area contributed by atoms with Gasteiger partial charge in [0.05, 0.1) is 39.8 Å². The number of aliphatic hydroxyl groups excluding tert-OH is 3. The number of nitrogens with zero attached hydrogens (tertiary/aromatic N) is 4. The minimum atomic E-state index is -4.78. The van der Waals surface area contributed by atoms with E-state index in [1.807, 2.05) is 26.8 Å². The molecule has 1 fully saturated rings. The van der Waals surface area contributed by atoms with Crippen molar-refractivity contribution >= 4 is 33.3 Å². The molecule has 0 saturated heterocycles. The van der Waals surface area contributed by atoms with Gasteiger partial charge in [-0.15, -0.1) is 24.5 Å². The zero-order chi connectivity index (χ0) is 30.2. The average Bonchev–Trinajstić information content (AvgIpc) is 3.48. The van der Waals surface area contributed by atoms with Gasteiger partial charge in [0.25, 0.3) is 0 Å². The van der Waals surface area contributed by atoms with E-state index >= 15 is 0 Å². The van der Waals surface area contributed by atoms with E-state index in [0.29, 0.717) is 40.5 Å². The number of aryl methyl sites for hydroxylation is 2. The summed E-state index contributed by atoms with van der Waals surface area (Å²) in [6.45, 7) is 5.36. The number of aliphatic hydroxyl groups is 3. The SMILES string of the molecule is CCc1nccc2sc(-c3c(C)nc(N[C@H](C)c4ccc(OC(F)(F)F)cc4)nc3N[C@@H]3C[C@H](CO)[C@@H](O)[C@H]3O)nc12. The zero-order valence-corrected chi connectivity index (χ0v) is 23.9. The highest BCUT2D eigenvalue weighted by Crippen LogP contribution is 2.39. The first-order chi connectivity index (χ1) is 20.0. The number of aromatic nitrogens is 4. The van der Waals surface area contributed by atoms with E-state index in [1.54, 1.807) is 6.20 Å². The first-order valence-electron chi connectivity index (χ1n) is 13.5. The largest absolute Gasteiger partial charge is 0.573 e. The van der Waals surface area contributed by atoms with E-state index in [9.17, 15) is 28.5 Å². The lowest BCUT2D eigenvalue weighted by atomic mass is 10.1. The molecule has 0 spiro atoms. The van der Waals surface area contributed by atoms with Crippen molar-refractivity contribution in [2.75, 3.05) is 17.2 Å². The van der Waals surface area contributed by atoms with Gasteiger partial charge in [0.15, 0.2) is 0 Å². The Bertz CT molecular complexity index is 1550. The Morgan fingerprint density at radius 3 is 2.48 bits per heavy atom. The molecule has 3 heterocycles. The summed E-state index contributed by atoms with van der Waals surface area (Å²) in [5.41, 5.74) is 3.54. The molecule has 0 aliphatic heterocycles. The van der Waals surface area contributed by atoms with Gasteiger partial charge in [0.2, 0.25) is 5.95 Å². The predicted molar refractivity (Wildman–Crippen MR) is 152 cm³/mol. The maximum atomic E-state index is 12.5. The van der Waals surface area contributed by atoms with Crippen molar-refractivity contribution in [3.05, 3.63) is 53.5 Å². The van der Waals surface area contributed by atoms with Crippen LogP contribution in [0.25, 0.3) is 20.8 Å². The molecule has 224 valence electrons. The molecule has 5 N–H and O–H groups in total. The van der Waals surface area contributed by atoms with Crippen LogP contribution in [0.2, 0.25) is 0 Å². The molecule has 1 aromatic carbocycles. The Morgan fingerprint density at radius 2 is 1.83 bits per heavy atom. The Hall–Kier alpha value is -3.59. The van der Waals surface area contributed by atoms with Gasteiger partial charge in [-0.25, -0.2) is 9.97 Å². The molecule has 5 atom stereocenters. The molecule has 42 heavy (non-hydrogen) atoms. The molecule has 0 amide bonds. The lowest BCUT2D eigenvalue weighted by molar-refractivity contribution is -0.274.